The predicted octanol–water partition coefficient (Wildman–Crippen LogP) is 3.07. The van der Waals surface area contributed by atoms with Gasteiger partial charge in [-0.1, -0.05) is 36.4 Å². The Morgan fingerprint density at radius 1 is 0.946 bits per heavy atom. The third-order valence-electron chi connectivity index (χ3n) is 5.41. The number of carbonyl (C=O) groups excluding carboxylic acids is 1. The summed E-state index contributed by atoms with van der Waals surface area (Å²) in [5.74, 6) is 0.673. The van der Waals surface area contributed by atoms with Crippen molar-refractivity contribution in [2.75, 3.05) is 26.6 Å². The van der Waals surface area contributed by atoms with Crippen LogP contribution in [0.25, 0.3) is 17.3 Å². The van der Waals surface area contributed by atoms with E-state index in [0.29, 0.717) is 38.7 Å². The third kappa shape index (κ3) is 5.24. The molecule has 1 amide bonds. The predicted molar refractivity (Wildman–Crippen MR) is 143 cm³/mol. The molecule has 0 fully saturated rings. The quantitative estimate of drug-likeness (QED) is 0.408. The summed E-state index contributed by atoms with van der Waals surface area (Å²) in [6.07, 6.45) is 1.66. The fourth-order valence-corrected chi connectivity index (χ4v) is 4.81. The van der Waals surface area contributed by atoms with Crippen molar-refractivity contribution in [1.82, 2.24) is 4.57 Å². The summed E-state index contributed by atoms with van der Waals surface area (Å²) in [6.45, 7) is 0. The van der Waals surface area contributed by atoms with Crippen molar-refractivity contribution in [3.63, 3.8) is 0 Å². The lowest BCUT2D eigenvalue weighted by molar-refractivity contribution is -0.111. The number of nitriles is 1. The summed E-state index contributed by atoms with van der Waals surface area (Å²) in [4.78, 5) is 26.7. The zero-order valence-electron chi connectivity index (χ0n) is 20.3. The molecule has 186 valence electrons. The van der Waals surface area contributed by atoms with Gasteiger partial charge in [0.05, 0.1) is 31.5 Å². The molecule has 0 bridgehead atoms. The van der Waals surface area contributed by atoms with Crippen molar-refractivity contribution in [2.24, 2.45) is 0 Å². The standard InChI is InChI=1S/C28H23N3O5S/c1-34-22-14-18(15-23(35-2)25(22)36-3)16-24-27(33)31(20-12-8-5-9-13-20)28(37-24)21(17-29)26(32)30-19-10-6-4-7-11-19/h4-16H,1-3H3,(H,30,32)/b24-16+,28-21+. The summed E-state index contributed by atoms with van der Waals surface area (Å²) in [5.41, 5.74) is 1.13. The van der Waals surface area contributed by atoms with E-state index >= 15 is 0 Å². The second-order valence-corrected chi connectivity index (χ2v) is 8.69. The van der Waals surface area contributed by atoms with E-state index in [-0.39, 0.29) is 15.8 Å². The molecule has 37 heavy (non-hydrogen) atoms. The number of amides is 1. The minimum absolute atomic E-state index is 0.181. The zero-order valence-corrected chi connectivity index (χ0v) is 21.2. The maximum absolute atomic E-state index is 13.6. The Hall–Kier alpha value is -4.81. The van der Waals surface area contributed by atoms with Crippen LogP contribution in [-0.2, 0) is 4.79 Å². The number of benzene rings is 3. The molecule has 0 aliphatic heterocycles. The SMILES string of the molecule is COc1cc(/C=c2/s/c(=C(\C#N)C(=O)Nc3ccccc3)n(-c3ccccc3)c2=O)cc(OC)c1OC. The molecule has 0 aliphatic rings. The molecule has 0 unspecified atom stereocenters. The van der Waals surface area contributed by atoms with Crippen molar-refractivity contribution in [3.05, 3.63) is 97.9 Å². The molecular weight excluding hydrogens is 490 g/mol. The average molecular weight is 514 g/mol. The number of methoxy groups -OCH3 is 3. The molecule has 0 saturated carbocycles. The first-order valence-corrected chi connectivity index (χ1v) is 11.9. The zero-order chi connectivity index (χ0) is 26.4. The molecule has 0 aliphatic carbocycles. The van der Waals surface area contributed by atoms with E-state index in [4.69, 9.17) is 14.2 Å². The van der Waals surface area contributed by atoms with Crippen molar-refractivity contribution in [3.8, 4) is 29.0 Å². The van der Waals surface area contributed by atoms with Crippen LogP contribution in [0.2, 0.25) is 0 Å². The van der Waals surface area contributed by atoms with Gasteiger partial charge in [0.2, 0.25) is 5.75 Å². The Balaban J connectivity index is 1.98. The second-order valence-electron chi connectivity index (χ2n) is 7.66. The molecule has 0 radical (unpaired) electrons. The average Bonchev–Trinajstić information content (AvgIpc) is 3.24. The van der Waals surface area contributed by atoms with Crippen molar-refractivity contribution in [2.45, 2.75) is 0 Å². The molecule has 0 atom stereocenters. The second kappa shape index (κ2) is 11.3. The molecule has 0 saturated heterocycles. The number of thiazole rings is 1. The van der Waals surface area contributed by atoms with E-state index in [9.17, 15) is 14.9 Å². The van der Waals surface area contributed by atoms with Gasteiger partial charge in [0.15, 0.2) is 17.1 Å². The monoisotopic (exact) mass is 513 g/mol. The summed E-state index contributed by atoms with van der Waals surface area (Å²) < 4.78 is 18.1. The van der Waals surface area contributed by atoms with Gasteiger partial charge < -0.3 is 19.5 Å². The normalized spacial score (nSPS) is 11.9. The van der Waals surface area contributed by atoms with Gasteiger partial charge in [-0.2, -0.15) is 5.26 Å². The first-order valence-electron chi connectivity index (χ1n) is 11.1. The van der Waals surface area contributed by atoms with Crippen LogP contribution >= 0.6 is 11.3 Å². The molecule has 3 aromatic carbocycles. The number of hydrogen-bond donors (Lipinski definition) is 1. The fourth-order valence-electron chi connectivity index (χ4n) is 3.71. The largest absolute Gasteiger partial charge is 0.493 e. The lowest BCUT2D eigenvalue weighted by Crippen LogP contribution is -2.32. The highest BCUT2D eigenvalue weighted by Gasteiger charge is 2.18. The maximum Gasteiger partial charge on any atom is 0.273 e. The van der Waals surface area contributed by atoms with Gasteiger partial charge >= 0.3 is 0 Å². The number of anilines is 1. The fraction of sp³-hybridized carbons (Fsp3) is 0.107. The van der Waals surface area contributed by atoms with Crippen LogP contribution in [-0.4, -0.2) is 31.8 Å². The molecule has 8 nitrogen and oxygen atoms in total. The number of aromatic nitrogens is 1. The van der Waals surface area contributed by atoms with E-state index in [1.165, 1.54) is 25.9 Å². The van der Waals surface area contributed by atoms with Crippen LogP contribution < -0.4 is 34.3 Å². The molecular formula is C28H23N3O5S. The number of ether oxygens (including phenoxy) is 3. The minimum atomic E-state index is -0.612. The van der Waals surface area contributed by atoms with Gasteiger partial charge in [-0.05, 0) is 48.0 Å². The molecule has 4 rings (SSSR count). The van der Waals surface area contributed by atoms with Gasteiger partial charge in [-0.15, -0.1) is 11.3 Å². The van der Waals surface area contributed by atoms with E-state index in [0.717, 1.165) is 11.3 Å². The van der Waals surface area contributed by atoms with Crippen molar-refractivity contribution in [1.29, 1.82) is 5.26 Å². The molecule has 1 aromatic heterocycles. The smallest absolute Gasteiger partial charge is 0.273 e. The molecule has 9 heteroatoms. The topological polar surface area (TPSA) is 103 Å². The van der Waals surface area contributed by atoms with Crippen LogP contribution in [0.4, 0.5) is 5.69 Å². The lowest BCUT2D eigenvalue weighted by Gasteiger charge is -2.12. The van der Waals surface area contributed by atoms with Gasteiger partial charge in [0.25, 0.3) is 11.5 Å². The Kier molecular flexibility index (Phi) is 7.71. The van der Waals surface area contributed by atoms with E-state index < -0.39 is 5.91 Å². The summed E-state index contributed by atoms with van der Waals surface area (Å²) in [7, 11) is 4.52. The highest BCUT2D eigenvalue weighted by Crippen LogP contribution is 2.38. The Labute approximate surface area is 216 Å². The maximum atomic E-state index is 13.6. The third-order valence-corrected chi connectivity index (χ3v) is 6.50. The number of hydrogen-bond acceptors (Lipinski definition) is 7. The van der Waals surface area contributed by atoms with Crippen LogP contribution in [0.1, 0.15) is 5.56 Å². The van der Waals surface area contributed by atoms with Gasteiger partial charge in [0.1, 0.15) is 10.7 Å². The Bertz CT molecular complexity index is 1630. The Morgan fingerprint density at radius 3 is 2.08 bits per heavy atom. The van der Waals surface area contributed by atoms with Crippen molar-refractivity contribution >= 4 is 34.6 Å². The number of nitrogens with zero attached hydrogens (tertiary/aromatic N) is 2. The molecule has 4 aromatic rings. The number of carbonyl (C=O) groups is 1. The summed E-state index contributed by atoms with van der Waals surface area (Å²) in [5, 5.41) is 12.7. The van der Waals surface area contributed by atoms with Gasteiger partial charge in [-0.3, -0.25) is 14.2 Å². The van der Waals surface area contributed by atoms with Crippen LogP contribution in [0, 0.1) is 11.3 Å². The first kappa shape index (κ1) is 25.3. The number of para-hydroxylation sites is 2. The van der Waals surface area contributed by atoms with Gasteiger partial charge in [-0.25, -0.2) is 0 Å². The number of nitrogens with one attached hydrogen (secondary N) is 1. The van der Waals surface area contributed by atoms with Crippen LogP contribution in [0.5, 0.6) is 17.2 Å². The first-order chi connectivity index (χ1) is 18.0. The number of rotatable bonds is 7. The molecule has 1 N–H and O–H groups in total. The van der Waals surface area contributed by atoms with E-state index in [1.807, 2.05) is 18.2 Å². The van der Waals surface area contributed by atoms with Crippen LogP contribution in [0.15, 0.2) is 77.6 Å². The van der Waals surface area contributed by atoms with E-state index in [1.54, 1.807) is 66.7 Å². The molecule has 1 heterocycles. The lowest BCUT2D eigenvalue weighted by atomic mass is 10.1. The summed E-state index contributed by atoms with van der Waals surface area (Å²) in [6, 6.07) is 23.1. The molecule has 0 spiro atoms. The highest BCUT2D eigenvalue weighted by molar-refractivity contribution is 7.07. The summed E-state index contributed by atoms with van der Waals surface area (Å²) >= 11 is 1.05. The Morgan fingerprint density at radius 2 is 1.54 bits per heavy atom. The van der Waals surface area contributed by atoms with Gasteiger partial charge in [0, 0.05) is 5.69 Å². The minimum Gasteiger partial charge on any atom is -0.493 e. The van der Waals surface area contributed by atoms with Crippen LogP contribution in [0.3, 0.4) is 0 Å². The van der Waals surface area contributed by atoms with E-state index in [2.05, 4.69) is 5.32 Å². The van der Waals surface area contributed by atoms with Crippen molar-refractivity contribution < 1.29 is 19.0 Å². The highest BCUT2D eigenvalue weighted by atomic mass is 32.1.